The van der Waals surface area contributed by atoms with E-state index in [1.165, 1.54) is 0 Å². The molecular weight excluding hydrogens is 428 g/mol. The molecule has 1 aliphatic heterocycles. The number of ether oxygens (including phenoxy) is 2. The van der Waals surface area contributed by atoms with E-state index in [0.29, 0.717) is 0 Å². The standard InChI is InChI=1S/C10H19ClO11S3/c1-18-10(6-20-23(2,12)13)9(22-25(4,16)17)8(11)7(5-19-10)21-24(3,14)15/h7-9H,5-6H2,1-4H3. The minimum absolute atomic E-state index is 0.453. The molecular formula is C10H19ClO11S3. The summed E-state index contributed by atoms with van der Waals surface area (Å²) in [7, 11) is -10.9. The fraction of sp³-hybridized carbons (Fsp3) is 1.00. The third kappa shape index (κ3) is 7.22. The SMILES string of the molecule is COC1(COS(C)(=O)=O)OCC(OS(C)(=O)=O)C(Cl)C1OS(C)(=O)=O. The van der Waals surface area contributed by atoms with E-state index < -0.39 is 66.9 Å². The molecule has 1 fully saturated rings. The van der Waals surface area contributed by atoms with E-state index in [-0.39, 0.29) is 0 Å². The summed E-state index contributed by atoms with van der Waals surface area (Å²) in [4.78, 5) is 0. The van der Waals surface area contributed by atoms with E-state index in [1.807, 2.05) is 0 Å². The van der Waals surface area contributed by atoms with Crippen LogP contribution >= 0.6 is 11.6 Å². The van der Waals surface area contributed by atoms with E-state index in [1.54, 1.807) is 0 Å². The molecule has 0 N–H and O–H groups in total. The van der Waals surface area contributed by atoms with Crippen molar-refractivity contribution in [3.63, 3.8) is 0 Å². The van der Waals surface area contributed by atoms with Crippen LogP contribution in [-0.4, -0.2) is 87.7 Å². The predicted molar refractivity (Wildman–Crippen MR) is 85.6 cm³/mol. The molecule has 0 aromatic carbocycles. The average Bonchev–Trinajstić information content (AvgIpc) is 2.39. The Morgan fingerprint density at radius 2 is 1.52 bits per heavy atom. The van der Waals surface area contributed by atoms with Gasteiger partial charge in [-0.3, -0.25) is 12.5 Å². The van der Waals surface area contributed by atoms with Gasteiger partial charge in [0.2, 0.25) is 5.79 Å². The van der Waals surface area contributed by atoms with E-state index in [0.717, 1.165) is 25.9 Å². The molecule has 15 heteroatoms. The molecule has 0 aromatic rings. The maximum absolute atomic E-state index is 11.5. The Labute approximate surface area is 151 Å². The van der Waals surface area contributed by atoms with Crippen LogP contribution in [0.15, 0.2) is 0 Å². The number of halogens is 1. The first-order chi connectivity index (χ1) is 11.1. The molecule has 0 saturated carbocycles. The van der Waals surface area contributed by atoms with Gasteiger partial charge in [0.25, 0.3) is 30.4 Å². The highest BCUT2D eigenvalue weighted by Gasteiger charge is 2.55. The molecule has 4 unspecified atom stereocenters. The van der Waals surface area contributed by atoms with Crippen LogP contribution < -0.4 is 0 Å². The van der Waals surface area contributed by atoms with Gasteiger partial charge >= 0.3 is 0 Å². The molecule has 150 valence electrons. The molecule has 1 saturated heterocycles. The molecule has 4 atom stereocenters. The lowest BCUT2D eigenvalue weighted by Crippen LogP contribution is -2.64. The molecule has 25 heavy (non-hydrogen) atoms. The summed E-state index contributed by atoms with van der Waals surface area (Å²) in [6, 6.07) is 0. The second-order valence-corrected chi connectivity index (χ2v) is 10.6. The molecule has 0 aliphatic carbocycles. The van der Waals surface area contributed by atoms with Crippen molar-refractivity contribution < 1.29 is 47.3 Å². The zero-order valence-electron chi connectivity index (χ0n) is 13.7. The highest BCUT2D eigenvalue weighted by atomic mass is 35.5. The van der Waals surface area contributed by atoms with Gasteiger partial charge in [0.15, 0.2) is 6.10 Å². The van der Waals surface area contributed by atoms with Crippen molar-refractivity contribution in [2.75, 3.05) is 39.1 Å². The normalized spacial score (nSPS) is 31.8. The smallest absolute Gasteiger partial charge is 0.264 e. The molecule has 0 amide bonds. The maximum Gasteiger partial charge on any atom is 0.264 e. The van der Waals surface area contributed by atoms with Crippen molar-refractivity contribution in [3.05, 3.63) is 0 Å². The molecule has 1 aliphatic rings. The van der Waals surface area contributed by atoms with Gasteiger partial charge in [-0.15, -0.1) is 11.6 Å². The summed E-state index contributed by atoms with van der Waals surface area (Å²) < 4.78 is 92.7. The van der Waals surface area contributed by atoms with Gasteiger partial charge in [0.1, 0.15) is 12.7 Å². The van der Waals surface area contributed by atoms with Crippen LogP contribution in [0.5, 0.6) is 0 Å². The second-order valence-electron chi connectivity index (χ2n) is 5.30. The molecule has 1 heterocycles. The van der Waals surface area contributed by atoms with Gasteiger partial charge in [-0.25, -0.2) is 0 Å². The Bertz CT molecular complexity index is 775. The van der Waals surface area contributed by atoms with Crippen LogP contribution in [0.1, 0.15) is 0 Å². The summed E-state index contributed by atoms with van der Waals surface area (Å²) in [6.07, 6.45) is -0.704. The summed E-state index contributed by atoms with van der Waals surface area (Å²) >= 11 is 6.13. The fourth-order valence-electron chi connectivity index (χ4n) is 2.00. The van der Waals surface area contributed by atoms with Crippen molar-refractivity contribution in [2.24, 2.45) is 0 Å². The first-order valence-electron chi connectivity index (χ1n) is 6.53. The largest absolute Gasteiger partial charge is 0.349 e. The highest BCUT2D eigenvalue weighted by molar-refractivity contribution is 7.86. The van der Waals surface area contributed by atoms with E-state index in [4.69, 9.17) is 29.4 Å². The van der Waals surface area contributed by atoms with E-state index in [9.17, 15) is 25.3 Å². The zero-order chi connectivity index (χ0) is 19.7. The summed E-state index contributed by atoms with van der Waals surface area (Å²) in [5, 5.41) is -1.39. The first-order valence-corrected chi connectivity index (χ1v) is 12.4. The van der Waals surface area contributed by atoms with Gasteiger partial charge in [0.05, 0.1) is 30.8 Å². The Morgan fingerprint density at radius 1 is 1.00 bits per heavy atom. The number of rotatable bonds is 8. The molecule has 0 radical (unpaired) electrons. The molecule has 1 rings (SSSR count). The van der Waals surface area contributed by atoms with Crippen LogP contribution in [0.25, 0.3) is 0 Å². The van der Waals surface area contributed by atoms with Crippen molar-refractivity contribution in [1.29, 1.82) is 0 Å². The topological polar surface area (TPSA) is 149 Å². The van der Waals surface area contributed by atoms with Gasteiger partial charge < -0.3 is 9.47 Å². The number of alkyl halides is 1. The molecule has 0 spiro atoms. The highest BCUT2D eigenvalue weighted by Crippen LogP contribution is 2.35. The van der Waals surface area contributed by atoms with Crippen LogP contribution in [0.2, 0.25) is 0 Å². The van der Waals surface area contributed by atoms with Crippen molar-refractivity contribution in [1.82, 2.24) is 0 Å². The summed E-state index contributed by atoms with van der Waals surface area (Å²) in [5.74, 6) is -2.03. The van der Waals surface area contributed by atoms with Crippen molar-refractivity contribution >= 4 is 42.0 Å². The maximum atomic E-state index is 11.5. The quantitative estimate of drug-likeness (QED) is 0.321. The third-order valence-corrected chi connectivity index (χ3v) is 5.18. The molecule has 0 bridgehead atoms. The lowest BCUT2D eigenvalue weighted by molar-refractivity contribution is -0.303. The zero-order valence-corrected chi connectivity index (χ0v) is 16.9. The Morgan fingerprint density at radius 3 is 1.92 bits per heavy atom. The number of methoxy groups -OCH3 is 1. The van der Waals surface area contributed by atoms with Gasteiger partial charge in [-0.2, -0.15) is 25.3 Å². The Balaban J connectivity index is 3.22. The minimum Gasteiger partial charge on any atom is -0.349 e. The first kappa shape index (κ1) is 23.0. The summed E-state index contributed by atoms with van der Waals surface area (Å²) in [6.45, 7) is -1.23. The van der Waals surface area contributed by atoms with Crippen LogP contribution in [0.4, 0.5) is 0 Å². The predicted octanol–water partition coefficient (Wildman–Crippen LogP) is -1.37. The van der Waals surface area contributed by atoms with Gasteiger partial charge in [0, 0.05) is 7.11 Å². The minimum atomic E-state index is -4.11. The molecule has 11 nitrogen and oxygen atoms in total. The Kier molecular flexibility index (Phi) is 7.26. The second kappa shape index (κ2) is 7.90. The van der Waals surface area contributed by atoms with Crippen LogP contribution in [-0.2, 0) is 52.4 Å². The monoisotopic (exact) mass is 446 g/mol. The van der Waals surface area contributed by atoms with Gasteiger partial charge in [-0.05, 0) is 0 Å². The lowest BCUT2D eigenvalue weighted by atomic mass is 10.00. The Hall–Kier alpha value is -0.0600. The lowest BCUT2D eigenvalue weighted by Gasteiger charge is -2.45. The van der Waals surface area contributed by atoms with Crippen molar-refractivity contribution in [2.45, 2.75) is 23.4 Å². The van der Waals surface area contributed by atoms with Crippen LogP contribution in [0.3, 0.4) is 0 Å². The van der Waals surface area contributed by atoms with Crippen LogP contribution in [0, 0.1) is 0 Å². The summed E-state index contributed by atoms with van der Waals surface area (Å²) in [5.41, 5.74) is 0. The molecule has 0 aromatic heterocycles. The van der Waals surface area contributed by atoms with E-state index in [2.05, 4.69) is 4.18 Å². The van der Waals surface area contributed by atoms with E-state index >= 15 is 0 Å². The van der Waals surface area contributed by atoms with Crippen molar-refractivity contribution in [3.8, 4) is 0 Å². The average molecular weight is 447 g/mol. The number of hydrogen-bond donors (Lipinski definition) is 0. The fourth-order valence-corrected chi connectivity index (χ4v) is 4.14. The number of hydrogen-bond acceptors (Lipinski definition) is 11. The third-order valence-electron chi connectivity index (χ3n) is 2.97. The van der Waals surface area contributed by atoms with Gasteiger partial charge in [-0.1, -0.05) is 0 Å².